The normalized spacial score (nSPS) is 16.7. The van der Waals surface area contributed by atoms with Crippen LogP contribution in [0.25, 0.3) is 0 Å². The van der Waals surface area contributed by atoms with Crippen molar-refractivity contribution in [3.05, 3.63) is 48.0 Å². The van der Waals surface area contributed by atoms with E-state index in [0.29, 0.717) is 17.2 Å². The minimum Gasteiger partial charge on any atom is -0.497 e. The fraction of sp³-hybridized carbons (Fsp3) is 0.300. The van der Waals surface area contributed by atoms with Crippen LogP contribution in [0.4, 0.5) is 11.4 Å². The van der Waals surface area contributed by atoms with Crippen LogP contribution in [-0.4, -0.2) is 32.1 Å². The molecule has 1 heterocycles. The monoisotopic (exact) mass is 354 g/mol. The molecule has 0 radical (unpaired) electrons. The molecule has 0 spiro atoms. The molecule has 6 nitrogen and oxygen atoms in total. The highest BCUT2D eigenvalue weighted by atomic mass is 16.5. The van der Waals surface area contributed by atoms with Crippen molar-refractivity contribution in [2.75, 3.05) is 24.4 Å². The van der Waals surface area contributed by atoms with Gasteiger partial charge in [-0.2, -0.15) is 0 Å². The van der Waals surface area contributed by atoms with Gasteiger partial charge in [0.1, 0.15) is 17.5 Å². The Morgan fingerprint density at radius 3 is 2.42 bits per heavy atom. The number of anilines is 2. The molecule has 0 aliphatic carbocycles. The van der Waals surface area contributed by atoms with E-state index in [4.69, 9.17) is 9.47 Å². The molecule has 0 bridgehead atoms. The number of nitrogens with zero attached hydrogens (tertiary/aromatic N) is 1. The van der Waals surface area contributed by atoms with Crippen molar-refractivity contribution in [1.82, 2.24) is 0 Å². The van der Waals surface area contributed by atoms with Crippen molar-refractivity contribution in [1.29, 1.82) is 0 Å². The Hall–Kier alpha value is -3.02. The summed E-state index contributed by atoms with van der Waals surface area (Å²) in [5.74, 6) is 0.452. The van der Waals surface area contributed by atoms with E-state index >= 15 is 0 Å². The van der Waals surface area contributed by atoms with Crippen LogP contribution >= 0.6 is 0 Å². The summed E-state index contributed by atoms with van der Waals surface area (Å²) in [5, 5.41) is 3.15. The van der Waals surface area contributed by atoms with E-state index < -0.39 is 6.04 Å². The molecule has 0 saturated carbocycles. The zero-order chi connectivity index (χ0) is 18.7. The summed E-state index contributed by atoms with van der Waals surface area (Å²) >= 11 is 0. The Bertz CT molecular complexity index is 817. The Morgan fingerprint density at radius 2 is 1.81 bits per heavy atom. The number of hydrogen-bond donors (Lipinski definition) is 1. The highest BCUT2D eigenvalue weighted by Crippen LogP contribution is 2.35. The molecular formula is C20H22N2O4. The van der Waals surface area contributed by atoms with Crippen LogP contribution in [0.5, 0.6) is 11.5 Å². The predicted octanol–water partition coefficient (Wildman–Crippen LogP) is 3.01. The van der Waals surface area contributed by atoms with Crippen molar-refractivity contribution in [3.8, 4) is 11.5 Å². The Balaban J connectivity index is 1.82. The number of nitrogens with one attached hydrogen (secondary N) is 1. The van der Waals surface area contributed by atoms with Crippen LogP contribution in [0.1, 0.15) is 18.9 Å². The smallest absolute Gasteiger partial charge is 0.256 e. The predicted molar refractivity (Wildman–Crippen MR) is 99.9 cm³/mol. The van der Waals surface area contributed by atoms with Gasteiger partial charge in [-0.3, -0.25) is 9.59 Å². The molecule has 1 aliphatic rings. The molecule has 1 aliphatic heterocycles. The molecule has 1 fully saturated rings. The third kappa shape index (κ3) is 3.35. The van der Waals surface area contributed by atoms with Gasteiger partial charge in [0.15, 0.2) is 0 Å². The Labute approximate surface area is 152 Å². The summed E-state index contributed by atoms with van der Waals surface area (Å²) < 4.78 is 10.5. The summed E-state index contributed by atoms with van der Waals surface area (Å²) in [6, 6.07) is 12.3. The number of carbonyl (C=O) groups is 2. The maximum atomic E-state index is 12.8. The Morgan fingerprint density at radius 1 is 1.08 bits per heavy atom. The largest absolute Gasteiger partial charge is 0.497 e. The maximum Gasteiger partial charge on any atom is 0.256 e. The first kappa shape index (κ1) is 17.8. The molecule has 3 rings (SSSR count). The average Bonchev–Trinajstić information content (AvgIpc) is 2.95. The van der Waals surface area contributed by atoms with Crippen LogP contribution in [0.3, 0.4) is 0 Å². The van der Waals surface area contributed by atoms with Gasteiger partial charge in [-0.1, -0.05) is 19.1 Å². The number of hydrogen-bond acceptors (Lipinski definition) is 5. The summed E-state index contributed by atoms with van der Waals surface area (Å²) in [6.45, 7) is 2.09. The molecule has 1 saturated heterocycles. The lowest BCUT2D eigenvalue weighted by molar-refractivity contribution is -0.121. The van der Waals surface area contributed by atoms with Crippen molar-refractivity contribution < 1.29 is 19.1 Å². The van der Waals surface area contributed by atoms with Crippen molar-refractivity contribution in [3.63, 3.8) is 0 Å². The molecule has 1 N–H and O–H groups in total. The molecule has 2 aromatic carbocycles. The third-order valence-corrected chi connectivity index (χ3v) is 4.48. The summed E-state index contributed by atoms with van der Waals surface area (Å²) in [4.78, 5) is 26.5. The van der Waals surface area contributed by atoms with Crippen molar-refractivity contribution in [2.45, 2.75) is 25.8 Å². The molecule has 0 aromatic heterocycles. The number of amides is 2. The molecule has 2 amide bonds. The van der Waals surface area contributed by atoms with E-state index in [1.165, 1.54) is 17.6 Å². The van der Waals surface area contributed by atoms with E-state index in [-0.39, 0.29) is 18.2 Å². The third-order valence-electron chi connectivity index (χ3n) is 4.48. The molecular weight excluding hydrogens is 332 g/mol. The molecule has 6 heteroatoms. The second-order valence-electron chi connectivity index (χ2n) is 6.06. The molecule has 136 valence electrons. The zero-order valence-electron chi connectivity index (χ0n) is 15.1. The number of methoxy groups -OCH3 is 2. The van der Waals surface area contributed by atoms with E-state index in [1.54, 1.807) is 25.3 Å². The lowest BCUT2D eigenvalue weighted by Gasteiger charge is -2.19. The quantitative estimate of drug-likeness (QED) is 0.808. The number of carbonyl (C=O) groups excluding carboxylic acids is 2. The standard InChI is InChI=1S/C20H22N2O4/c1-4-13-5-7-14(8-6-13)21-16-12-19(23)22(20(16)24)17-10-9-15(25-2)11-18(17)26-3/h5-11,16,21H,4,12H2,1-3H3/t16-/m1/s1. The van der Waals surface area contributed by atoms with Gasteiger partial charge in [0.2, 0.25) is 5.91 Å². The molecule has 2 aromatic rings. The molecule has 0 unspecified atom stereocenters. The summed E-state index contributed by atoms with van der Waals surface area (Å²) in [6.07, 6.45) is 1.05. The van der Waals surface area contributed by atoms with Crippen LogP contribution in [0.2, 0.25) is 0 Å². The number of ether oxygens (including phenoxy) is 2. The van der Waals surface area contributed by atoms with E-state index in [9.17, 15) is 9.59 Å². The summed E-state index contributed by atoms with van der Waals surface area (Å²) in [5.41, 5.74) is 2.46. The van der Waals surface area contributed by atoms with Gasteiger partial charge in [-0.25, -0.2) is 4.90 Å². The van der Waals surface area contributed by atoms with Gasteiger partial charge < -0.3 is 14.8 Å². The average molecular weight is 354 g/mol. The summed E-state index contributed by atoms with van der Waals surface area (Å²) in [7, 11) is 3.04. The zero-order valence-corrected chi connectivity index (χ0v) is 15.1. The van der Waals surface area contributed by atoms with E-state index in [2.05, 4.69) is 12.2 Å². The second kappa shape index (κ2) is 7.47. The van der Waals surface area contributed by atoms with Crippen LogP contribution in [0, 0.1) is 0 Å². The minimum atomic E-state index is -0.596. The molecule has 1 atom stereocenters. The number of rotatable bonds is 6. The topological polar surface area (TPSA) is 67.9 Å². The van der Waals surface area contributed by atoms with Gasteiger partial charge in [0, 0.05) is 11.8 Å². The lowest BCUT2D eigenvalue weighted by Crippen LogP contribution is -2.35. The number of imide groups is 1. The van der Waals surface area contributed by atoms with Gasteiger partial charge in [-0.15, -0.1) is 0 Å². The first-order valence-corrected chi connectivity index (χ1v) is 8.51. The van der Waals surface area contributed by atoms with E-state index in [1.807, 2.05) is 24.3 Å². The number of benzene rings is 2. The molecule has 26 heavy (non-hydrogen) atoms. The van der Waals surface area contributed by atoms with Crippen molar-refractivity contribution in [2.24, 2.45) is 0 Å². The fourth-order valence-electron chi connectivity index (χ4n) is 3.01. The van der Waals surface area contributed by atoms with Crippen LogP contribution in [0.15, 0.2) is 42.5 Å². The lowest BCUT2D eigenvalue weighted by atomic mass is 10.1. The first-order valence-electron chi connectivity index (χ1n) is 8.51. The minimum absolute atomic E-state index is 0.101. The SMILES string of the molecule is CCc1ccc(N[C@@H]2CC(=O)N(c3ccc(OC)cc3OC)C2=O)cc1. The second-order valence-corrected chi connectivity index (χ2v) is 6.06. The van der Waals surface area contributed by atoms with Gasteiger partial charge in [0.25, 0.3) is 5.91 Å². The van der Waals surface area contributed by atoms with Gasteiger partial charge >= 0.3 is 0 Å². The number of aryl methyl sites for hydroxylation is 1. The fourth-order valence-corrected chi connectivity index (χ4v) is 3.01. The maximum absolute atomic E-state index is 12.8. The van der Waals surface area contributed by atoms with E-state index in [0.717, 1.165) is 12.1 Å². The highest BCUT2D eigenvalue weighted by molar-refractivity contribution is 6.23. The van der Waals surface area contributed by atoms with Gasteiger partial charge in [0.05, 0.1) is 26.3 Å². The highest BCUT2D eigenvalue weighted by Gasteiger charge is 2.40. The van der Waals surface area contributed by atoms with Crippen molar-refractivity contribution >= 4 is 23.2 Å². The first-order chi connectivity index (χ1) is 12.6. The van der Waals surface area contributed by atoms with Crippen LogP contribution < -0.4 is 19.7 Å². The van der Waals surface area contributed by atoms with Crippen LogP contribution in [-0.2, 0) is 16.0 Å². The Kier molecular flexibility index (Phi) is 5.11. The van der Waals surface area contributed by atoms with Gasteiger partial charge in [-0.05, 0) is 36.2 Å².